The Bertz CT molecular complexity index is 563. The molecule has 0 aliphatic carbocycles. The van der Waals surface area contributed by atoms with Crippen molar-refractivity contribution in [1.82, 2.24) is 0 Å². The molecule has 1 atom stereocenters. The second kappa shape index (κ2) is 6.75. The van der Waals surface area contributed by atoms with Crippen molar-refractivity contribution in [2.75, 3.05) is 6.61 Å². The quantitative estimate of drug-likeness (QED) is 0.777. The molecule has 0 amide bonds. The monoisotopic (exact) mass is 270 g/mol. The van der Waals surface area contributed by atoms with E-state index < -0.39 is 6.10 Å². The van der Waals surface area contributed by atoms with E-state index in [1.54, 1.807) is 13.8 Å². The number of carbonyl (C=O) groups excluding carboxylic acids is 1. The molecule has 0 aliphatic rings. The highest BCUT2D eigenvalue weighted by atomic mass is 16.6. The van der Waals surface area contributed by atoms with Crippen LogP contribution in [0, 0.1) is 0 Å². The van der Waals surface area contributed by atoms with Gasteiger partial charge in [0.1, 0.15) is 5.75 Å². The first-order chi connectivity index (χ1) is 9.72. The third-order valence-electron chi connectivity index (χ3n) is 2.89. The molecule has 0 fully saturated rings. The normalized spacial score (nSPS) is 11.7. The predicted octanol–water partition coefficient (Wildman–Crippen LogP) is 3.68. The number of carbonyl (C=O) groups is 1. The van der Waals surface area contributed by atoms with Crippen molar-refractivity contribution in [2.24, 2.45) is 0 Å². The molecule has 0 N–H and O–H groups in total. The summed E-state index contributed by atoms with van der Waals surface area (Å²) < 4.78 is 10.7. The van der Waals surface area contributed by atoms with Gasteiger partial charge in [0, 0.05) is 5.56 Å². The Labute approximate surface area is 119 Å². The summed E-state index contributed by atoms with van der Waals surface area (Å²) in [6, 6.07) is 17.6. The first kappa shape index (κ1) is 14.1. The van der Waals surface area contributed by atoms with Crippen LogP contribution in [-0.4, -0.2) is 18.7 Å². The zero-order valence-electron chi connectivity index (χ0n) is 11.7. The molecule has 0 bridgehead atoms. The van der Waals surface area contributed by atoms with E-state index in [2.05, 4.69) is 0 Å². The van der Waals surface area contributed by atoms with Crippen molar-refractivity contribution in [1.29, 1.82) is 0 Å². The lowest BCUT2D eigenvalue weighted by Gasteiger charge is -2.16. The second-order valence-corrected chi connectivity index (χ2v) is 4.37. The number of ether oxygens (including phenoxy) is 2. The zero-order chi connectivity index (χ0) is 14.4. The molecule has 0 saturated heterocycles. The van der Waals surface area contributed by atoms with Gasteiger partial charge < -0.3 is 9.47 Å². The molecule has 0 unspecified atom stereocenters. The van der Waals surface area contributed by atoms with E-state index in [0.717, 1.165) is 11.1 Å². The average Bonchev–Trinajstić information content (AvgIpc) is 2.49. The molecule has 3 heteroatoms. The smallest absolute Gasteiger partial charge is 0.347 e. The summed E-state index contributed by atoms with van der Waals surface area (Å²) in [7, 11) is 0. The van der Waals surface area contributed by atoms with Crippen LogP contribution in [0.1, 0.15) is 13.8 Å². The molecule has 0 radical (unpaired) electrons. The summed E-state index contributed by atoms with van der Waals surface area (Å²) in [6.07, 6.45) is -0.625. The third kappa shape index (κ3) is 3.38. The van der Waals surface area contributed by atoms with Crippen LogP contribution in [0.4, 0.5) is 0 Å². The lowest BCUT2D eigenvalue weighted by atomic mass is 10.0. The van der Waals surface area contributed by atoms with Gasteiger partial charge >= 0.3 is 5.97 Å². The van der Waals surface area contributed by atoms with Crippen LogP contribution in [0.3, 0.4) is 0 Å². The first-order valence-electron chi connectivity index (χ1n) is 6.70. The van der Waals surface area contributed by atoms with E-state index in [1.165, 1.54) is 0 Å². The van der Waals surface area contributed by atoms with Crippen molar-refractivity contribution < 1.29 is 14.3 Å². The fourth-order valence-corrected chi connectivity index (χ4v) is 1.92. The Kier molecular flexibility index (Phi) is 4.77. The van der Waals surface area contributed by atoms with Crippen molar-refractivity contribution >= 4 is 5.97 Å². The molecule has 0 heterocycles. The van der Waals surface area contributed by atoms with Crippen LogP contribution in [0.2, 0.25) is 0 Å². The molecule has 0 spiro atoms. The highest BCUT2D eigenvalue weighted by Crippen LogP contribution is 2.30. The molecule has 2 aromatic rings. The van der Waals surface area contributed by atoms with Gasteiger partial charge in [-0.3, -0.25) is 0 Å². The van der Waals surface area contributed by atoms with Crippen LogP contribution >= 0.6 is 0 Å². The van der Waals surface area contributed by atoms with Crippen molar-refractivity contribution in [2.45, 2.75) is 20.0 Å². The van der Waals surface area contributed by atoms with Gasteiger partial charge in [-0.05, 0) is 25.5 Å². The Morgan fingerprint density at radius 1 is 1.05 bits per heavy atom. The van der Waals surface area contributed by atoms with Crippen LogP contribution in [-0.2, 0) is 9.53 Å². The summed E-state index contributed by atoms with van der Waals surface area (Å²) in [5.74, 6) is 0.328. The SMILES string of the molecule is CCOC(=O)[C@@H](C)Oc1ccccc1-c1ccccc1. The molecule has 2 aromatic carbocycles. The van der Waals surface area contributed by atoms with E-state index >= 15 is 0 Å². The number of hydrogen-bond donors (Lipinski definition) is 0. The van der Waals surface area contributed by atoms with E-state index in [-0.39, 0.29) is 5.97 Å². The zero-order valence-corrected chi connectivity index (χ0v) is 11.7. The summed E-state index contributed by atoms with van der Waals surface area (Å²) in [5, 5.41) is 0. The number of hydrogen-bond acceptors (Lipinski definition) is 3. The number of rotatable bonds is 5. The summed E-state index contributed by atoms with van der Waals surface area (Å²) in [6.45, 7) is 3.83. The molecule has 0 aromatic heterocycles. The minimum absolute atomic E-state index is 0.352. The van der Waals surface area contributed by atoms with Gasteiger partial charge in [0.05, 0.1) is 6.61 Å². The van der Waals surface area contributed by atoms with Gasteiger partial charge in [0.2, 0.25) is 0 Å². The van der Waals surface area contributed by atoms with Crippen LogP contribution < -0.4 is 4.74 Å². The fourth-order valence-electron chi connectivity index (χ4n) is 1.92. The minimum atomic E-state index is -0.625. The second-order valence-electron chi connectivity index (χ2n) is 4.37. The van der Waals surface area contributed by atoms with E-state index in [4.69, 9.17) is 9.47 Å². The molecule has 104 valence electrons. The van der Waals surface area contributed by atoms with Crippen LogP contribution in [0.15, 0.2) is 54.6 Å². The van der Waals surface area contributed by atoms with Crippen molar-refractivity contribution in [3.05, 3.63) is 54.6 Å². The average molecular weight is 270 g/mol. The fraction of sp³-hybridized carbons (Fsp3) is 0.235. The van der Waals surface area contributed by atoms with E-state index in [0.29, 0.717) is 12.4 Å². The Balaban J connectivity index is 2.23. The van der Waals surface area contributed by atoms with Crippen molar-refractivity contribution in [3.63, 3.8) is 0 Å². The van der Waals surface area contributed by atoms with E-state index in [1.807, 2.05) is 54.6 Å². The van der Waals surface area contributed by atoms with E-state index in [9.17, 15) is 4.79 Å². The number of para-hydroxylation sites is 1. The van der Waals surface area contributed by atoms with Crippen LogP contribution in [0.25, 0.3) is 11.1 Å². The molecule has 3 nitrogen and oxygen atoms in total. The maximum Gasteiger partial charge on any atom is 0.347 e. The standard InChI is InChI=1S/C17H18O3/c1-3-19-17(18)13(2)20-16-12-8-7-11-15(16)14-9-5-4-6-10-14/h4-13H,3H2,1-2H3/t13-/m1/s1. The van der Waals surface area contributed by atoms with Gasteiger partial charge in [-0.2, -0.15) is 0 Å². The first-order valence-corrected chi connectivity index (χ1v) is 6.70. The largest absolute Gasteiger partial charge is 0.478 e. The highest BCUT2D eigenvalue weighted by molar-refractivity contribution is 5.76. The van der Waals surface area contributed by atoms with Gasteiger partial charge in [-0.15, -0.1) is 0 Å². The van der Waals surface area contributed by atoms with Gasteiger partial charge in [-0.25, -0.2) is 4.79 Å². The maximum atomic E-state index is 11.6. The van der Waals surface area contributed by atoms with Crippen LogP contribution in [0.5, 0.6) is 5.75 Å². The summed E-state index contributed by atoms with van der Waals surface area (Å²) >= 11 is 0. The molecule has 20 heavy (non-hydrogen) atoms. The molecule has 0 saturated carbocycles. The number of esters is 1. The van der Waals surface area contributed by atoms with Crippen molar-refractivity contribution in [3.8, 4) is 16.9 Å². The molecule has 2 rings (SSSR count). The predicted molar refractivity (Wildman–Crippen MR) is 78.6 cm³/mol. The Hall–Kier alpha value is -2.29. The minimum Gasteiger partial charge on any atom is -0.478 e. The lowest BCUT2D eigenvalue weighted by Crippen LogP contribution is -2.26. The third-order valence-corrected chi connectivity index (χ3v) is 2.89. The van der Waals surface area contributed by atoms with Gasteiger partial charge in [-0.1, -0.05) is 48.5 Å². The highest BCUT2D eigenvalue weighted by Gasteiger charge is 2.17. The van der Waals surface area contributed by atoms with Gasteiger partial charge in [0.25, 0.3) is 0 Å². The molecular formula is C17H18O3. The number of benzene rings is 2. The summed E-state index contributed by atoms with van der Waals surface area (Å²) in [4.78, 5) is 11.6. The lowest BCUT2D eigenvalue weighted by molar-refractivity contribution is -0.150. The molecular weight excluding hydrogens is 252 g/mol. The molecule has 0 aliphatic heterocycles. The topological polar surface area (TPSA) is 35.5 Å². The Morgan fingerprint density at radius 3 is 2.40 bits per heavy atom. The van der Waals surface area contributed by atoms with Gasteiger partial charge in [0.15, 0.2) is 6.10 Å². The maximum absolute atomic E-state index is 11.6. The Morgan fingerprint density at radius 2 is 1.70 bits per heavy atom. The summed E-state index contributed by atoms with van der Waals surface area (Å²) in [5.41, 5.74) is 2.02.